The van der Waals surface area contributed by atoms with E-state index in [9.17, 15) is 24.8 Å². The van der Waals surface area contributed by atoms with Gasteiger partial charge in [-0.2, -0.15) is 4.98 Å². The van der Waals surface area contributed by atoms with Gasteiger partial charge < -0.3 is 10.1 Å². The van der Waals surface area contributed by atoms with E-state index in [4.69, 9.17) is 0 Å². The maximum absolute atomic E-state index is 11.9. The molecule has 0 bridgehead atoms. The first kappa shape index (κ1) is 16.2. The summed E-state index contributed by atoms with van der Waals surface area (Å²) in [5.41, 5.74) is 0.0133. The molecule has 25 heavy (non-hydrogen) atoms. The van der Waals surface area contributed by atoms with Crippen molar-refractivity contribution in [3.05, 3.63) is 60.5 Å². The minimum Gasteiger partial charge on any atom is -0.488 e. The highest BCUT2D eigenvalue weighted by Crippen LogP contribution is 2.18. The molecule has 2 heterocycles. The number of rotatable bonds is 3. The summed E-state index contributed by atoms with van der Waals surface area (Å²) >= 11 is 0. The summed E-state index contributed by atoms with van der Waals surface area (Å²) in [5.74, 6) is -0.982. The highest BCUT2D eigenvalue weighted by atomic mass is 16.6. The largest absolute Gasteiger partial charge is 0.488 e. The van der Waals surface area contributed by atoms with Crippen LogP contribution in [0.15, 0.2) is 27.8 Å². The molecule has 0 aliphatic heterocycles. The standard InChI is InChI=1S/C15H13N5O5/c1-18-9-5-3-8(7-10(9)19(2)15(18)23)4-6-11-16-13(21)12(20(24)25)14(22)17-11/h3-7H,1-2H3,(H2,16,17,21,22)/b6-4-. The van der Waals surface area contributed by atoms with Crippen molar-refractivity contribution < 1.29 is 10.0 Å². The van der Waals surface area contributed by atoms with Gasteiger partial charge in [0.05, 0.1) is 16.0 Å². The summed E-state index contributed by atoms with van der Waals surface area (Å²) in [6.45, 7) is 0. The molecule has 10 heteroatoms. The topological polar surface area (TPSA) is 136 Å². The van der Waals surface area contributed by atoms with Gasteiger partial charge in [0.15, 0.2) is 0 Å². The van der Waals surface area contributed by atoms with Crippen molar-refractivity contribution in [3.8, 4) is 5.88 Å². The second-order valence-corrected chi connectivity index (χ2v) is 5.36. The smallest absolute Gasteiger partial charge is 0.395 e. The van der Waals surface area contributed by atoms with Crippen molar-refractivity contribution in [1.82, 2.24) is 19.1 Å². The van der Waals surface area contributed by atoms with Crippen molar-refractivity contribution in [2.45, 2.75) is 0 Å². The van der Waals surface area contributed by atoms with E-state index in [1.54, 1.807) is 38.4 Å². The third-order valence-electron chi connectivity index (χ3n) is 3.81. The number of hydrogen-bond acceptors (Lipinski definition) is 6. The SMILES string of the molecule is Cn1c(=O)n(C)c2cc(/C=C\c3nc(O)c([N+](=O)[O-])c(=O)[nH]3)ccc21. The lowest BCUT2D eigenvalue weighted by Gasteiger charge is -1.99. The Kier molecular flexibility index (Phi) is 3.72. The van der Waals surface area contributed by atoms with Crippen molar-refractivity contribution in [2.75, 3.05) is 0 Å². The van der Waals surface area contributed by atoms with Crippen molar-refractivity contribution >= 4 is 28.9 Å². The Hall–Kier alpha value is -3.69. The molecule has 1 aromatic carbocycles. The Morgan fingerprint density at radius 2 is 1.88 bits per heavy atom. The van der Waals surface area contributed by atoms with Gasteiger partial charge in [0, 0.05) is 14.1 Å². The minimum absolute atomic E-state index is 0.0323. The number of aromatic nitrogens is 4. The fraction of sp³-hybridized carbons (Fsp3) is 0.133. The predicted octanol–water partition coefficient (Wildman–Crippen LogP) is 0.744. The number of aryl methyl sites for hydroxylation is 2. The zero-order chi connectivity index (χ0) is 18.3. The Morgan fingerprint density at radius 3 is 2.52 bits per heavy atom. The second-order valence-electron chi connectivity index (χ2n) is 5.36. The van der Waals surface area contributed by atoms with Gasteiger partial charge in [-0.3, -0.25) is 24.0 Å². The van der Waals surface area contributed by atoms with Gasteiger partial charge >= 0.3 is 16.9 Å². The summed E-state index contributed by atoms with van der Waals surface area (Å²) in [6.07, 6.45) is 2.99. The molecule has 0 aliphatic carbocycles. The van der Waals surface area contributed by atoms with Crippen LogP contribution in [-0.4, -0.2) is 29.1 Å². The Labute approximate surface area is 139 Å². The van der Waals surface area contributed by atoms with Crippen LogP contribution in [0.5, 0.6) is 5.88 Å². The molecule has 0 fully saturated rings. The van der Waals surface area contributed by atoms with E-state index in [1.807, 2.05) is 0 Å². The summed E-state index contributed by atoms with van der Waals surface area (Å²) < 4.78 is 3.03. The highest BCUT2D eigenvalue weighted by Gasteiger charge is 2.21. The van der Waals surface area contributed by atoms with E-state index < -0.39 is 22.0 Å². The normalized spacial score (nSPS) is 11.4. The van der Waals surface area contributed by atoms with E-state index in [0.717, 1.165) is 11.0 Å². The molecule has 0 amide bonds. The van der Waals surface area contributed by atoms with Crippen LogP contribution in [-0.2, 0) is 14.1 Å². The van der Waals surface area contributed by atoms with Crippen molar-refractivity contribution in [1.29, 1.82) is 0 Å². The molecule has 3 aromatic rings. The van der Waals surface area contributed by atoms with E-state index in [0.29, 0.717) is 5.56 Å². The third kappa shape index (κ3) is 2.69. The van der Waals surface area contributed by atoms with Crippen LogP contribution >= 0.6 is 0 Å². The summed E-state index contributed by atoms with van der Waals surface area (Å²) in [6, 6.07) is 5.32. The number of imidazole rings is 1. The highest BCUT2D eigenvalue weighted by molar-refractivity contribution is 5.81. The van der Waals surface area contributed by atoms with E-state index >= 15 is 0 Å². The fourth-order valence-electron chi connectivity index (χ4n) is 2.52. The van der Waals surface area contributed by atoms with Gasteiger partial charge in [-0.25, -0.2) is 4.79 Å². The molecule has 0 unspecified atom stereocenters. The van der Waals surface area contributed by atoms with Crippen LogP contribution in [0.25, 0.3) is 23.2 Å². The first-order valence-electron chi connectivity index (χ1n) is 7.11. The molecule has 0 atom stereocenters. The molecule has 0 saturated heterocycles. The number of nitro groups is 1. The average molecular weight is 343 g/mol. The molecule has 2 N–H and O–H groups in total. The Bertz CT molecular complexity index is 1150. The molecule has 10 nitrogen and oxygen atoms in total. The van der Waals surface area contributed by atoms with Gasteiger partial charge in [-0.1, -0.05) is 12.1 Å². The van der Waals surface area contributed by atoms with Gasteiger partial charge in [-0.05, 0) is 23.8 Å². The number of aromatic hydroxyl groups is 1. The first-order chi connectivity index (χ1) is 11.8. The lowest BCUT2D eigenvalue weighted by Crippen LogP contribution is -2.19. The van der Waals surface area contributed by atoms with Crippen LogP contribution in [0.2, 0.25) is 0 Å². The molecule has 0 saturated carbocycles. The van der Waals surface area contributed by atoms with E-state index in [-0.39, 0.29) is 11.5 Å². The maximum atomic E-state index is 11.9. The number of hydrogen-bond donors (Lipinski definition) is 2. The molecule has 0 spiro atoms. The van der Waals surface area contributed by atoms with Crippen LogP contribution in [0.4, 0.5) is 5.69 Å². The van der Waals surface area contributed by atoms with Gasteiger partial charge in [0.2, 0.25) is 0 Å². The summed E-state index contributed by atoms with van der Waals surface area (Å²) in [5, 5.41) is 20.2. The Morgan fingerprint density at radius 1 is 1.20 bits per heavy atom. The van der Waals surface area contributed by atoms with Gasteiger partial charge in [0.1, 0.15) is 5.82 Å². The maximum Gasteiger partial charge on any atom is 0.395 e. The van der Waals surface area contributed by atoms with Gasteiger partial charge in [-0.15, -0.1) is 0 Å². The number of aromatic amines is 1. The number of nitrogens with zero attached hydrogens (tertiary/aromatic N) is 4. The van der Waals surface area contributed by atoms with Crippen molar-refractivity contribution in [2.24, 2.45) is 14.1 Å². The van der Waals surface area contributed by atoms with Crippen LogP contribution < -0.4 is 11.2 Å². The lowest BCUT2D eigenvalue weighted by molar-refractivity contribution is -0.387. The molecule has 0 aliphatic rings. The van der Waals surface area contributed by atoms with Gasteiger partial charge in [0.25, 0.3) is 5.88 Å². The molecule has 3 rings (SSSR count). The van der Waals surface area contributed by atoms with Crippen LogP contribution in [0.1, 0.15) is 11.4 Å². The molecule has 2 aromatic heterocycles. The zero-order valence-corrected chi connectivity index (χ0v) is 13.3. The lowest BCUT2D eigenvalue weighted by atomic mass is 10.2. The second kappa shape index (κ2) is 5.74. The van der Waals surface area contributed by atoms with E-state index in [2.05, 4.69) is 9.97 Å². The summed E-state index contributed by atoms with van der Waals surface area (Å²) in [7, 11) is 3.33. The average Bonchev–Trinajstić information content (AvgIpc) is 2.76. The third-order valence-corrected chi connectivity index (χ3v) is 3.81. The molecular formula is C15H13N5O5. The fourth-order valence-corrected chi connectivity index (χ4v) is 2.52. The zero-order valence-electron chi connectivity index (χ0n) is 13.3. The predicted molar refractivity (Wildman–Crippen MR) is 90.3 cm³/mol. The van der Waals surface area contributed by atoms with Crippen LogP contribution in [0.3, 0.4) is 0 Å². The molecule has 0 radical (unpaired) electrons. The Balaban J connectivity index is 2.01. The molecule has 128 valence electrons. The summed E-state index contributed by atoms with van der Waals surface area (Å²) in [4.78, 5) is 39.0. The first-order valence-corrected chi connectivity index (χ1v) is 7.11. The number of H-pyrrole nitrogens is 1. The monoisotopic (exact) mass is 343 g/mol. The van der Waals surface area contributed by atoms with Crippen LogP contribution in [0, 0.1) is 10.1 Å². The van der Waals surface area contributed by atoms with Crippen molar-refractivity contribution in [3.63, 3.8) is 0 Å². The minimum atomic E-state index is -1.04. The quantitative estimate of drug-likeness (QED) is 0.532. The number of nitrogens with one attached hydrogen (secondary N) is 1. The molecular weight excluding hydrogens is 330 g/mol. The number of benzene rings is 1. The number of fused-ring (bicyclic) bond motifs is 1. The van der Waals surface area contributed by atoms with E-state index in [1.165, 1.54) is 15.2 Å².